The lowest BCUT2D eigenvalue weighted by atomic mass is 10.1. The second kappa shape index (κ2) is 5.70. The van der Waals surface area contributed by atoms with Crippen LogP contribution in [-0.2, 0) is 7.05 Å². The van der Waals surface area contributed by atoms with Gasteiger partial charge in [0.2, 0.25) is 0 Å². The van der Waals surface area contributed by atoms with Gasteiger partial charge in [-0.1, -0.05) is 0 Å². The van der Waals surface area contributed by atoms with Crippen molar-refractivity contribution in [3.63, 3.8) is 0 Å². The van der Waals surface area contributed by atoms with Crippen molar-refractivity contribution in [2.45, 2.75) is 6.92 Å². The van der Waals surface area contributed by atoms with E-state index in [0.717, 1.165) is 33.1 Å². The van der Waals surface area contributed by atoms with Gasteiger partial charge in [-0.3, -0.25) is 4.98 Å². The monoisotopic (exact) mass is 335 g/mol. The number of ether oxygens (including phenoxy) is 2. The van der Waals surface area contributed by atoms with E-state index in [9.17, 15) is 0 Å². The van der Waals surface area contributed by atoms with Crippen molar-refractivity contribution in [3.8, 4) is 22.8 Å². The quantitative estimate of drug-likeness (QED) is 0.573. The molecule has 4 aromatic rings. The summed E-state index contributed by atoms with van der Waals surface area (Å²) in [5.41, 5.74) is 4.26. The predicted molar refractivity (Wildman–Crippen MR) is 94.9 cm³/mol. The molecule has 7 nitrogen and oxygen atoms in total. The first kappa shape index (κ1) is 15.3. The molecule has 0 radical (unpaired) electrons. The highest BCUT2D eigenvalue weighted by molar-refractivity contribution is 6.10. The molecule has 1 aromatic carbocycles. The largest absolute Gasteiger partial charge is 0.493 e. The average molecular weight is 335 g/mol. The van der Waals surface area contributed by atoms with Gasteiger partial charge in [0.25, 0.3) is 0 Å². The second-order valence-corrected chi connectivity index (χ2v) is 5.85. The van der Waals surface area contributed by atoms with Crippen molar-refractivity contribution in [1.29, 1.82) is 0 Å². The summed E-state index contributed by atoms with van der Waals surface area (Å²) in [7, 11) is 5.07. The minimum Gasteiger partial charge on any atom is -0.493 e. The van der Waals surface area contributed by atoms with Crippen molar-refractivity contribution >= 4 is 21.9 Å². The zero-order valence-corrected chi connectivity index (χ0v) is 14.4. The molecular weight excluding hydrogens is 318 g/mol. The summed E-state index contributed by atoms with van der Waals surface area (Å²) in [5.74, 6) is 1.26. The lowest BCUT2D eigenvalue weighted by Crippen LogP contribution is -1.95. The summed E-state index contributed by atoms with van der Waals surface area (Å²) in [5, 5.41) is 15.1. The van der Waals surface area contributed by atoms with E-state index in [4.69, 9.17) is 9.47 Å². The molecule has 126 valence electrons. The molecule has 0 atom stereocenters. The lowest BCUT2D eigenvalue weighted by molar-refractivity contribution is 0.356. The number of benzene rings is 1. The van der Waals surface area contributed by atoms with Gasteiger partial charge in [0.15, 0.2) is 17.1 Å². The highest BCUT2D eigenvalue weighted by Gasteiger charge is 2.18. The van der Waals surface area contributed by atoms with Gasteiger partial charge in [0.05, 0.1) is 25.1 Å². The molecule has 0 aliphatic carbocycles. The highest BCUT2D eigenvalue weighted by Crippen LogP contribution is 2.37. The van der Waals surface area contributed by atoms with Gasteiger partial charge < -0.3 is 9.47 Å². The van der Waals surface area contributed by atoms with E-state index >= 15 is 0 Å². The predicted octanol–water partition coefficient (Wildman–Crippen LogP) is 2.90. The van der Waals surface area contributed by atoms with E-state index in [1.807, 2.05) is 38.5 Å². The third-order valence-electron chi connectivity index (χ3n) is 4.19. The van der Waals surface area contributed by atoms with Crippen LogP contribution in [0.25, 0.3) is 33.2 Å². The molecule has 0 saturated heterocycles. The Kier molecular flexibility index (Phi) is 3.49. The third-order valence-corrected chi connectivity index (χ3v) is 4.19. The molecule has 0 bridgehead atoms. The Morgan fingerprint density at radius 2 is 1.72 bits per heavy atom. The van der Waals surface area contributed by atoms with Crippen molar-refractivity contribution in [2.24, 2.45) is 7.05 Å². The van der Waals surface area contributed by atoms with E-state index in [2.05, 4.69) is 26.3 Å². The maximum absolute atomic E-state index is 5.45. The van der Waals surface area contributed by atoms with E-state index in [1.165, 1.54) is 0 Å². The van der Waals surface area contributed by atoms with Gasteiger partial charge in [-0.05, 0) is 24.6 Å². The Labute approximate surface area is 144 Å². The van der Waals surface area contributed by atoms with Gasteiger partial charge in [0.1, 0.15) is 5.69 Å². The molecule has 7 heteroatoms. The minimum atomic E-state index is 0.617. The fraction of sp³-hybridized carbons (Fsp3) is 0.222. The van der Waals surface area contributed by atoms with Gasteiger partial charge in [-0.25, -0.2) is 4.68 Å². The normalized spacial score (nSPS) is 11.2. The Bertz CT molecular complexity index is 1100. The fourth-order valence-corrected chi connectivity index (χ4v) is 3.02. The zero-order chi connectivity index (χ0) is 17.6. The number of fused-ring (bicyclic) bond motifs is 3. The van der Waals surface area contributed by atoms with E-state index in [0.29, 0.717) is 17.1 Å². The zero-order valence-electron chi connectivity index (χ0n) is 14.4. The van der Waals surface area contributed by atoms with Crippen LogP contribution in [0.2, 0.25) is 0 Å². The van der Waals surface area contributed by atoms with Crippen LogP contribution in [0.4, 0.5) is 0 Å². The summed E-state index contributed by atoms with van der Waals surface area (Å²) in [6.07, 6.45) is 3.63. The summed E-state index contributed by atoms with van der Waals surface area (Å²) in [6, 6.07) is 5.80. The topological polar surface area (TPSA) is 75.0 Å². The molecule has 0 amide bonds. The lowest BCUT2D eigenvalue weighted by Gasteiger charge is -2.09. The Morgan fingerprint density at radius 3 is 2.44 bits per heavy atom. The molecule has 0 aliphatic heterocycles. The van der Waals surface area contributed by atoms with Gasteiger partial charge >= 0.3 is 0 Å². The Morgan fingerprint density at radius 1 is 0.960 bits per heavy atom. The third kappa shape index (κ3) is 2.36. The van der Waals surface area contributed by atoms with Crippen LogP contribution in [0.5, 0.6) is 11.5 Å². The summed E-state index contributed by atoms with van der Waals surface area (Å²) in [4.78, 5) is 4.29. The number of pyridine rings is 1. The summed E-state index contributed by atoms with van der Waals surface area (Å²) in [6.45, 7) is 2.01. The SMILES string of the molecule is COc1cc2nnc3c(c(-c4cncc(C)c4)nn3C)c2cc1OC. The molecule has 0 fully saturated rings. The standard InChI is InChI=1S/C18H17N5O2/c1-10-5-11(9-19-8-10)17-16-12-6-14(24-3)15(25-4)7-13(12)20-21-18(16)23(2)22-17/h5-9H,1-4H3. The van der Waals surface area contributed by atoms with Crippen LogP contribution in [-0.4, -0.2) is 39.2 Å². The number of hydrogen-bond donors (Lipinski definition) is 0. The molecule has 3 aromatic heterocycles. The minimum absolute atomic E-state index is 0.617. The average Bonchev–Trinajstić information content (AvgIpc) is 2.97. The highest BCUT2D eigenvalue weighted by atomic mass is 16.5. The van der Waals surface area contributed by atoms with Crippen molar-refractivity contribution < 1.29 is 9.47 Å². The smallest absolute Gasteiger partial charge is 0.181 e. The van der Waals surface area contributed by atoms with Crippen LogP contribution >= 0.6 is 0 Å². The van der Waals surface area contributed by atoms with Crippen LogP contribution < -0.4 is 9.47 Å². The molecule has 0 unspecified atom stereocenters. The molecule has 0 spiro atoms. The number of aromatic nitrogens is 5. The maximum atomic E-state index is 5.45. The molecule has 0 saturated carbocycles. The molecule has 4 rings (SSSR count). The van der Waals surface area contributed by atoms with E-state index in [1.54, 1.807) is 18.9 Å². The van der Waals surface area contributed by atoms with Gasteiger partial charge in [0, 0.05) is 36.5 Å². The van der Waals surface area contributed by atoms with Crippen molar-refractivity contribution in [3.05, 3.63) is 36.2 Å². The fourth-order valence-electron chi connectivity index (χ4n) is 3.02. The van der Waals surface area contributed by atoms with E-state index in [-0.39, 0.29) is 0 Å². The number of rotatable bonds is 3. The number of nitrogens with zero attached hydrogens (tertiary/aromatic N) is 5. The van der Waals surface area contributed by atoms with E-state index < -0.39 is 0 Å². The summed E-state index contributed by atoms with van der Waals surface area (Å²) >= 11 is 0. The molecular formula is C18H17N5O2. The summed E-state index contributed by atoms with van der Waals surface area (Å²) < 4.78 is 12.6. The molecule has 0 N–H and O–H groups in total. The Hall–Kier alpha value is -3.22. The van der Waals surface area contributed by atoms with Crippen LogP contribution in [0.1, 0.15) is 5.56 Å². The van der Waals surface area contributed by atoms with Crippen molar-refractivity contribution in [1.82, 2.24) is 25.0 Å². The molecule has 3 heterocycles. The van der Waals surface area contributed by atoms with Gasteiger partial charge in [-0.15, -0.1) is 10.2 Å². The number of hydrogen-bond acceptors (Lipinski definition) is 6. The maximum Gasteiger partial charge on any atom is 0.181 e. The second-order valence-electron chi connectivity index (χ2n) is 5.85. The number of methoxy groups -OCH3 is 2. The van der Waals surface area contributed by atoms with Crippen molar-refractivity contribution in [2.75, 3.05) is 14.2 Å². The Balaban J connectivity index is 2.12. The number of aryl methyl sites for hydroxylation is 2. The molecule has 0 aliphatic rings. The van der Waals surface area contributed by atoms with Gasteiger partial charge in [-0.2, -0.15) is 5.10 Å². The molecule has 25 heavy (non-hydrogen) atoms. The first-order valence-electron chi connectivity index (χ1n) is 7.79. The van der Waals surface area contributed by atoms with Crippen LogP contribution in [0.3, 0.4) is 0 Å². The first-order chi connectivity index (χ1) is 12.1. The first-order valence-corrected chi connectivity index (χ1v) is 7.79. The van der Waals surface area contributed by atoms with Crippen LogP contribution in [0.15, 0.2) is 30.6 Å². The van der Waals surface area contributed by atoms with Crippen LogP contribution in [0, 0.1) is 6.92 Å².